The number of hydrogen-bond acceptors (Lipinski definition) is 6. The highest BCUT2D eigenvalue weighted by Gasteiger charge is 2.36. The van der Waals surface area contributed by atoms with Crippen molar-refractivity contribution < 1.29 is 23.8 Å². The Bertz CT molecular complexity index is 696. The normalized spacial score (nSPS) is 20.0. The summed E-state index contributed by atoms with van der Waals surface area (Å²) in [6.45, 7) is 0. The summed E-state index contributed by atoms with van der Waals surface area (Å²) >= 11 is 1.59. The van der Waals surface area contributed by atoms with Gasteiger partial charge in [0.1, 0.15) is 6.04 Å². The fourth-order valence-corrected chi connectivity index (χ4v) is 4.93. The average molecular weight is 409 g/mol. The summed E-state index contributed by atoms with van der Waals surface area (Å²) in [6, 6.07) is 3.02. The van der Waals surface area contributed by atoms with Crippen LogP contribution in [0.1, 0.15) is 42.5 Å². The van der Waals surface area contributed by atoms with E-state index in [0.29, 0.717) is 34.4 Å². The molecule has 28 heavy (non-hydrogen) atoms. The number of nitrogens with zero attached hydrogens (tertiary/aromatic N) is 1. The molecule has 1 saturated heterocycles. The summed E-state index contributed by atoms with van der Waals surface area (Å²) in [5.41, 5.74) is 0.410. The quantitative estimate of drug-likeness (QED) is 0.780. The minimum absolute atomic E-state index is 0.0577. The van der Waals surface area contributed by atoms with E-state index in [0.717, 1.165) is 25.7 Å². The third-order valence-corrected chi connectivity index (χ3v) is 6.32. The third-order valence-electron chi connectivity index (χ3n) is 5.31. The monoisotopic (exact) mass is 408 g/mol. The second kappa shape index (κ2) is 9.41. The number of methoxy groups -OCH3 is 3. The van der Waals surface area contributed by atoms with Crippen LogP contribution in [0.25, 0.3) is 0 Å². The molecule has 2 fully saturated rings. The molecule has 1 unspecified atom stereocenters. The Morgan fingerprint density at radius 3 is 2.25 bits per heavy atom. The molecule has 0 radical (unpaired) electrons. The van der Waals surface area contributed by atoms with Gasteiger partial charge >= 0.3 is 0 Å². The zero-order chi connectivity index (χ0) is 20.1. The van der Waals surface area contributed by atoms with E-state index in [1.54, 1.807) is 28.8 Å². The van der Waals surface area contributed by atoms with Gasteiger partial charge in [-0.3, -0.25) is 9.59 Å². The predicted molar refractivity (Wildman–Crippen MR) is 108 cm³/mol. The Kier molecular flexibility index (Phi) is 6.93. The lowest BCUT2D eigenvalue weighted by Crippen LogP contribution is -2.50. The minimum Gasteiger partial charge on any atom is -0.493 e. The van der Waals surface area contributed by atoms with Crippen LogP contribution in [0.5, 0.6) is 17.2 Å². The highest BCUT2D eigenvalue weighted by molar-refractivity contribution is 7.99. The first-order chi connectivity index (χ1) is 13.6. The van der Waals surface area contributed by atoms with Gasteiger partial charge in [0.25, 0.3) is 5.91 Å². The number of carbonyl (C=O) groups excluding carboxylic acids is 2. The van der Waals surface area contributed by atoms with Crippen molar-refractivity contribution in [3.63, 3.8) is 0 Å². The van der Waals surface area contributed by atoms with Gasteiger partial charge in [-0.2, -0.15) is 0 Å². The largest absolute Gasteiger partial charge is 0.493 e. The summed E-state index contributed by atoms with van der Waals surface area (Å²) in [7, 11) is 4.54. The molecule has 2 aliphatic rings. The zero-order valence-electron chi connectivity index (χ0n) is 16.7. The van der Waals surface area contributed by atoms with Crippen molar-refractivity contribution in [3.8, 4) is 17.2 Å². The van der Waals surface area contributed by atoms with Crippen molar-refractivity contribution in [2.45, 2.75) is 44.2 Å². The highest BCUT2D eigenvalue weighted by Crippen LogP contribution is 2.39. The van der Waals surface area contributed by atoms with E-state index in [1.807, 2.05) is 0 Å². The Morgan fingerprint density at radius 1 is 1.04 bits per heavy atom. The minimum atomic E-state index is -0.460. The van der Waals surface area contributed by atoms with Crippen molar-refractivity contribution >= 4 is 23.6 Å². The smallest absolute Gasteiger partial charge is 0.255 e. The van der Waals surface area contributed by atoms with Gasteiger partial charge in [0.05, 0.1) is 27.2 Å². The van der Waals surface area contributed by atoms with Crippen molar-refractivity contribution in [3.05, 3.63) is 17.7 Å². The Hall–Kier alpha value is -2.09. The van der Waals surface area contributed by atoms with Crippen LogP contribution >= 0.6 is 11.8 Å². The topological polar surface area (TPSA) is 77.1 Å². The lowest BCUT2D eigenvalue weighted by Gasteiger charge is -2.28. The van der Waals surface area contributed by atoms with Gasteiger partial charge < -0.3 is 24.4 Å². The van der Waals surface area contributed by atoms with Gasteiger partial charge in [-0.15, -0.1) is 11.8 Å². The molecule has 154 valence electrons. The molecule has 1 aliphatic heterocycles. The van der Waals surface area contributed by atoms with Crippen LogP contribution in [0, 0.1) is 0 Å². The van der Waals surface area contributed by atoms with Crippen LogP contribution in [0.2, 0.25) is 0 Å². The summed E-state index contributed by atoms with van der Waals surface area (Å²) in [6.07, 6.45) is 5.58. The predicted octanol–water partition coefficient (Wildman–Crippen LogP) is 2.68. The molecule has 1 aromatic rings. The number of carbonyl (C=O) groups is 2. The van der Waals surface area contributed by atoms with E-state index in [-0.39, 0.29) is 17.9 Å². The molecular formula is C20H28N2O5S. The Labute approximate surface area is 170 Å². The second-order valence-electron chi connectivity index (χ2n) is 7.05. The molecule has 2 amide bonds. The van der Waals surface area contributed by atoms with Crippen LogP contribution in [0.15, 0.2) is 12.1 Å². The Morgan fingerprint density at radius 2 is 1.68 bits per heavy atom. The molecule has 0 bridgehead atoms. The fourth-order valence-electron chi connectivity index (χ4n) is 3.77. The molecule has 0 aromatic heterocycles. The summed E-state index contributed by atoms with van der Waals surface area (Å²) in [5, 5.41) is 3.14. The summed E-state index contributed by atoms with van der Waals surface area (Å²) in [4.78, 5) is 27.6. The van der Waals surface area contributed by atoms with E-state index in [2.05, 4.69) is 5.32 Å². The van der Waals surface area contributed by atoms with Crippen LogP contribution < -0.4 is 19.5 Å². The van der Waals surface area contributed by atoms with Crippen LogP contribution in [-0.4, -0.2) is 61.8 Å². The van der Waals surface area contributed by atoms with E-state index in [1.165, 1.54) is 27.8 Å². The summed E-state index contributed by atoms with van der Waals surface area (Å²) < 4.78 is 16.0. The number of thioether (sulfide) groups is 1. The van der Waals surface area contributed by atoms with E-state index in [9.17, 15) is 9.59 Å². The molecule has 1 heterocycles. The maximum atomic E-state index is 13.2. The number of hydrogen-bond donors (Lipinski definition) is 1. The SMILES string of the molecule is COc1cc(C(=O)N2CSCC2C(=O)NC2CCCCC2)cc(OC)c1OC. The molecule has 0 spiro atoms. The van der Waals surface area contributed by atoms with Crippen LogP contribution in [0.4, 0.5) is 0 Å². The van der Waals surface area contributed by atoms with Gasteiger partial charge in [-0.25, -0.2) is 0 Å². The maximum absolute atomic E-state index is 13.2. The van der Waals surface area contributed by atoms with Crippen LogP contribution in [-0.2, 0) is 4.79 Å². The lowest BCUT2D eigenvalue weighted by atomic mass is 9.95. The van der Waals surface area contributed by atoms with Crippen LogP contribution in [0.3, 0.4) is 0 Å². The Balaban J connectivity index is 1.77. The van der Waals surface area contributed by atoms with Gasteiger partial charge in [0, 0.05) is 17.4 Å². The maximum Gasteiger partial charge on any atom is 0.255 e. The van der Waals surface area contributed by atoms with Crippen molar-refractivity contribution in [1.82, 2.24) is 10.2 Å². The molecule has 1 aliphatic carbocycles. The lowest BCUT2D eigenvalue weighted by molar-refractivity contribution is -0.125. The molecule has 3 rings (SSSR count). The molecule has 1 N–H and O–H groups in total. The molecular weight excluding hydrogens is 380 g/mol. The van der Waals surface area contributed by atoms with Crippen molar-refractivity contribution in [2.24, 2.45) is 0 Å². The first kappa shape index (κ1) is 20.6. The number of ether oxygens (including phenoxy) is 3. The number of amides is 2. The third kappa shape index (κ3) is 4.32. The molecule has 7 nitrogen and oxygen atoms in total. The standard InChI is InChI=1S/C20H28N2O5S/c1-25-16-9-13(10-17(26-2)18(16)27-3)20(24)22-12-28-11-15(22)19(23)21-14-7-5-4-6-8-14/h9-10,14-15H,4-8,11-12H2,1-3H3,(H,21,23). The first-order valence-corrected chi connectivity index (χ1v) is 10.7. The van der Waals surface area contributed by atoms with Gasteiger partial charge in [0.2, 0.25) is 11.7 Å². The van der Waals surface area contributed by atoms with Crippen molar-refractivity contribution in [1.29, 1.82) is 0 Å². The fraction of sp³-hybridized carbons (Fsp3) is 0.600. The molecule has 8 heteroatoms. The van der Waals surface area contributed by atoms with Crippen molar-refractivity contribution in [2.75, 3.05) is 33.0 Å². The second-order valence-corrected chi connectivity index (χ2v) is 8.05. The van der Waals surface area contributed by atoms with E-state index in [4.69, 9.17) is 14.2 Å². The molecule has 1 saturated carbocycles. The average Bonchev–Trinajstić information content (AvgIpc) is 3.22. The van der Waals surface area contributed by atoms with Gasteiger partial charge in [-0.1, -0.05) is 19.3 Å². The summed E-state index contributed by atoms with van der Waals surface area (Å²) in [5.74, 6) is 2.09. The van der Waals surface area contributed by atoms with Gasteiger partial charge in [-0.05, 0) is 25.0 Å². The molecule has 1 atom stereocenters. The number of rotatable bonds is 6. The zero-order valence-corrected chi connectivity index (χ0v) is 17.5. The van der Waals surface area contributed by atoms with E-state index >= 15 is 0 Å². The number of nitrogens with one attached hydrogen (secondary N) is 1. The molecule has 1 aromatic carbocycles. The van der Waals surface area contributed by atoms with Gasteiger partial charge in [0.15, 0.2) is 11.5 Å². The highest BCUT2D eigenvalue weighted by atomic mass is 32.2. The van der Waals surface area contributed by atoms with E-state index < -0.39 is 6.04 Å². The first-order valence-electron chi connectivity index (χ1n) is 9.58. The number of benzene rings is 1.